The van der Waals surface area contributed by atoms with Crippen LogP contribution in [-0.2, 0) is 10.4 Å². The summed E-state index contributed by atoms with van der Waals surface area (Å²) in [5.74, 6) is 0.584. The first-order chi connectivity index (χ1) is 8.03. The number of hydrogen-bond acceptors (Lipinski definition) is 4. The summed E-state index contributed by atoms with van der Waals surface area (Å²) < 4.78 is 0. The third-order valence-electron chi connectivity index (χ3n) is 3.24. The zero-order chi connectivity index (χ0) is 12.5. The zero-order valence-corrected chi connectivity index (χ0v) is 11.5. The fourth-order valence-corrected chi connectivity index (χ4v) is 3.40. The Morgan fingerprint density at radius 2 is 2.35 bits per heavy atom. The first-order valence-electron chi connectivity index (χ1n) is 6.18. The average molecular weight is 255 g/mol. The lowest BCUT2D eigenvalue weighted by Gasteiger charge is -2.28. The van der Waals surface area contributed by atoms with Gasteiger partial charge in [0.05, 0.1) is 11.6 Å². The van der Waals surface area contributed by atoms with Gasteiger partial charge in [0.25, 0.3) is 0 Å². The molecule has 0 saturated carbocycles. The molecule has 1 aromatic rings. The van der Waals surface area contributed by atoms with E-state index in [1.54, 1.807) is 18.3 Å². The van der Waals surface area contributed by atoms with Gasteiger partial charge < -0.3 is 5.11 Å². The van der Waals surface area contributed by atoms with E-state index >= 15 is 0 Å². The summed E-state index contributed by atoms with van der Waals surface area (Å²) in [5, 5.41) is 11.7. The maximum absolute atomic E-state index is 9.65. The van der Waals surface area contributed by atoms with E-state index in [0.29, 0.717) is 5.92 Å². The second-order valence-electron chi connectivity index (χ2n) is 5.36. The topological polar surface area (TPSA) is 41.5 Å². The maximum atomic E-state index is 9.65. The quantitative estimate of drug-likeness (QED) is 0.869. The van der Waals surface area contributed by atoms with E-state index in [2.05, 4.69) is 36.8 Å². The van der Waals surface area contributed by atoms with Crippen molar-refractivity contribution in [3.05, 3.63) is 22.4 Å². The van der Waals surface area contributed by atoms with Gasteiger partial charge in [0.2, 0.25) is 0 Å². The smallest absolute Gasteiger partial charge is 0.107 e. The Morgan fingerprint density at radius 1 is 1.59 bits per heavy atom. The maximum Gasteiger partial charge on any atom is 0.107 e. The van der Waals surface area contributed by atoms with E-state index in [1.165, 1.54) is 4.88 Å². The van der Waals surface area contributed by atoms with Crippen molar-refractivity contribution < 1.29 is 9.94 Å². The van der Waals surface area contributed by atoms with Crippen LogP contribution < -0.4 is 5.48 Å². The number of aliphatic hydroxyl groups excluding tert-OH is 1. The van der Waals surface area contributed by atoms with Gasteiger partial charge >= 0.3 is 0 Å². The van der Waals surface area contributed by atoms with Gasteiger partial charge in [0.1, 0.15) is 6.10 Å². The molecule has 1 aliphatic heterocycles. The number of hydroxylamine groups is 1. The number of thiophene rings is 1. The number of hydrogen-bond donors (Lipinski definition) is 2. The number of rotatable bonds is 4. The Balaban J connectivity index is 2.21. The van der Waals surface area contributed by atoms with E-state index in [4.69, 9.17) is 4.84 Å². The standard InChI is InChI=1S/C13H21NO2S/c1-9(2)7-13(12-5-4-6-17-12)8-11(10(3)15)16-14-13/h4-6,9-11,14-15H,7-8H2,1-3H3/t10-,11-,13-/m1/s1. The van der Waals surface area contributed by atoms with Crippen molar-refractivity contribution in [2.75, 3.05) is 0 Å². The average Bonchev–Trinajstić information content (AvgIpc) is 2.83. The largest absolute Gasteiger partial charge is 0.391 e. The van der Waals surface area contributed by atoms with Gasteiger partial charge in [-0.15, -0.1) is 11.3 Å². The lowest BCUT2D eigenvalue weighted by atomic mass is 9.83. The van der Waals surface area contributed by atoms with Crippen molar-refractivity contribution >= 4 is 11.3 Å². The molecule has 1 aliphatic rings. The molecule has 2 rings (SSSR count). The van der Waals surface area contributed by atoms with Crippen LogP contribution in [0, 0.1) is 5.92 Å². The Hall–Kier alpha value is -0.420. The third kappa shape index (κ3) is 2.71. The molecule has 2 heterocycles. The molecule has 4 heteroatoms. The Bertz CT molecular complexity index is 350. The van der Waals surface area contributed by atoms with E-state index < -0.39 is 6.10 Å². The lowest BCUT2D eigenvalue weighted by molar-refractivity contribution is -0.0460. The summed E-state index contributed by atoms with van der Waals surface area (Å²) in [7, 11) is 0. The minimum Gasteiger partial charge on any atom is -0.391 e. The molecule has 1 saturated heterocycles. The van der Waals surface area contributed by atoms with Crippen LogP contribution in [0.25, 0.3) is 0 Å². The third-order valence-corrected chi connectivity index (χ3v) is 4.32. The number of nitrogens with one attached hydrogen (secondary N) is 1. The van der Waals surface area contributed by atoms with Gasteiger partial charge in [-0.3, -0.25) is 4.84 Å². The van der Waals surface area contributed by atoms with E-state index in [1.807, 2.05) is 0 Å². The Labute approximate surface area is 107 Å². The Kier molecular flexibility index (Phi) is 3.88. The highest BCUT2D eigenvalue weighted by Gasteiger charge is 2.44. The van der Waals surface area contributed by atoms with Crippen molar-refractivity contribution in [1.29, 1.82) is 0 Å². The molecule has 3 nitrogen and oxygen atoms in total. The molecule has 0 aromatic carbocycles. The summed E-state index contributed by atoms with van der Waals surface area (Å²) in [6.45, 7) is 6.21. The molecule has 1 aromatic heterocycles. The minimum atomic E-state index is -0.434. The van der Waals surface area contributed by atoms with Gasteiger partial charge in [0.15, 0.2) is 0 Å². The van der Waals surface area contributed by atoms with Gasteiger partial charge in [-0.1, -0.05) is 19.9 Å². The highest BCUT2D eigenvalue weighted by molar-refractivity contribution is 7.10. The minimum absolute atomic E-state index is 0.115. The summed E-state index contributed by atoms with van der Waals surface area (Å²) in [4.78, 5) is 6.86. The normalized spacial score (nSPS) is 31.0. The van der Waals surface area contributed by atoms with E-state index in [0.717, 1.165) is 12.8 Å². The van der Waals surface area contributed by atoms with Crippen LogP contribution in [0.4, 0.5) is 0 Å². The lowest BCUT2D eigenvalue weighted by Crippen LogP contribution is -2.36. The molecule has 0 amide bonds. The molecule has 0 unspecified atom stereocenters. The SMILES string of the molecule is CC(C)C[C@]1(c2cccs2)C[C@H]([C@@H](C)O)ON1. The summed E-state index contributed by atoms with van der Waals surface area (Å²) in [5.41, 5.74) is 3.06. The molecular formula is C13H21NO2S. The molecule has 96 valence electrons. The van der Waals surface area contributed by atoms with Crippen LogP contribution >= 0.6 is 11.3 Å². The van der Waals surface area contributed by atoms with Gasteiger partial charge in [-0.2, -0.15) is 5.48 Å². The fourth-order valence-electron chi connectivity index (χ4n) is 2.51. The van der Waals surface area contributed by atoms with Crippen molar-refractivity contribution in [2.24, 2.45) is 5.92 Å². The predicted molar refractivity (Wildman–Crippen MR) is 69.8 cm³/mol. The summed E-state index contributed by atoms with van der Waals surface area (Å²) in [6, 6.07) is 4.22. The van der Waals surface area contributed by atoms with Crippen molar-refractivity contribution in [3.63, 3.8) is 0 Å². The monoisotopic (exact) mass is 255 g/mol. The highest BCUT2D eigenvalue weighted by Crippen LogP contribution is 2.40. The summed E-state index contributed by atoms with van der Waals surface area (Å²) >= 11 is 1.75. The fraction of sp³-hybridized carbons (Fsp3) is 0.692. The van der Waals surface area contributed by atoms with Crippen LogP contribution in [0.1, 0.15) is 38.5 Å². The van der Waals surface area contributed by atoms with Gasteiger partial charge in [-0.25, -0.2) is 0 Å². The molecule has 0 radical (unpaired) electrons. The zero-order valence-electron chi connectivity index (χ0n) is 10.6. The number of aliphatic hydroxyl groups is 1. The highest BCUT2D eigenvalue weighted by atomic mass is 32.1. The van der Waals surface area contributed by atoms with E-state index in [9.17, 15) is 5.11 Å². The first-order valence-corrected chi connectivity index (χ1v) is 7.06. The van der Waals surface area contributed by atoms with Crippen molar-refractivity contribution in [3.8, 4) is 0 Å². The van der Waals surface area contributed by atoms with Gasteiger partial charge in [-0.05, 0) is 30.7 Å². The van der Waals surface area contributed by atoms with Crippen LogP contribution in [-0.4, -0.2) is 17.3 Å². The molecule has 17 heavy (non-hydrogen) atoms. The van der Waals surface area contributed by atoms with Crippen molar-refractivity contribution in [2.45, 2.75) is 51.4 Å². The second-order valence-corrected chi connectivity index (χ2v) is 6.31. The molecule has 0 spiro atoms. The molecule has 3 atom stereocenters. The van der Waals surface area contributed by atoms with Crippen molar-refractivity contribution in [1.82, 2.24) is 5.48 Å². The second kappa shape index (κ2) is 5.06. The van der Waals surface area contributed by atoms with Gasteiger partial charge in [0, 0.05) is 11.3 Å². The molecule has 2 N–H and O–H groups in total. The molecule has 1 fully saturated rings. The predicted octanol–water partition coefficient (Wildman–Crippen LogP) is 2.66. The van der Waals surface area contributed by atoms with Crippen LogP contribution in [0.15, 0.2) is 17.5 Å². The Morgan fingerprint density at radius 3 is 2.82 bits per heavy atom. The molecular weight excluding hydrogens is 234 g/mol. The first kappa shape index (κ1) is 13.0. The molecule has 0 bridgehead atoms. The van der Waals surface area contributed by atoms with Crippen LogP contribution in [0.3, 0.4) is 0 Å². The van der Waals surface area contributed by atoms with Crippen LogP contribution in [0.5, 0.6) is 0 Å². The van der Waals surface area contributed by atoms with E-state index in [-0.39, 0.29) is 11.6 Å². The summed E-state index contributed by atoms with van der Waals surface area (Å²) in [6.07, 6.45) is 1.31. The van der Waals surface area contributed by atoms with Crippen LogP contribution in [0.2, 0.25) is 0 Å². The molecule has 0 aliphatic carbocycles.